The fraction of sp³-hybridized carbons (Fsp3) is 0.923. The zero-order chi connectivity index (χ0) is 12.6. The maximum absolute atomic E-state index is 11.3. The van der Waals surface area contributed by atoms with Crippen LogP contribution in [0.4, 0.5) is 0 Å². The van der Waals surface area contributed by atoms with Gasteiger partial charge in [0, 0.05) is 13.2 Å². The smallest absolute Gasteiger partial charge is 0.323 e. The van der Waals surface area contributed by atoms with Gasteiger partial charge in [-0.1, -0.05) is 32.6 Å². The fourth-order valence-electron chi connectivity index (χ4n) is 2.33. The molecule has 17 heavy (non-hydrogen) atoms. The number of carboxylic acids is 1. The topological polar surface area (TPSA) is 58.6 Å². The normalized spacial score (nSPS) is 19.1. The molecule has 4 nitrogen and oxygen atoms in total. The van der Waals surface area contributed by atoms with Crippen molar-refractivity contribution < 1.29 is 14.6 Å². The Balaban J connectivity index is 2.23. The molecule has 0 aromatic carbocycles. The van der Waals surface area contributed by atoms with E-state index in [1.165, 1.54) is 0 Å². The van der Waals surface area contributed by atoms with Gasteiger partial charge in [0.25, 0.3) is 0 Å². The highest BCUT2D eigenvalue weighted by Gasteiger charge is 2.38. The Labute approximate surface area is 104 Å². The third-order valence-electron chi connectivity index (χ3n) is 3.47. The Morgan fingerprint density at radius 2 is 2.00 bits per heavy atom. The highest BCUT2D eigenvalue weighted by atomic mass is 16.5. The maximum atomic E-state index is 11.3. The van der Waals surface area contributed by atoms with Gasteiger partial charge in [-0.2, -0.15) is 0 Å². The van der Waals surface area contributed by atoms with Gasteiger partial charge in [-0.05, 0) is 19.3 Å². The van der Waals surface area contributed by atoms with Crippen LogP contribution in [0, 0.1) is 0 Å². The van der Waals surface area contributed by atoms with Crippen molar-refractivity contribution in [2.24, 2.45) is 0 Å². The molecule has 2 N–H and O–H groups in total. The van der Waals surface area contributed by atoms with Crippen LogP contribution < -0.4 is 5.32 Å². The second-order valence-electron chi connectivity index (χ2n) is 4.84. The van der Waals surface area contributed by atoms with Crippen molar-refractivity contribution in [2.45, 2.75) is 57.4 Å². The van der Waals surface area contributed by atoms with E-state index in [9.17, 15) is 9.90 Å². The lowest BCUT2D eigenvalue weighted by Crippen LogP contribution is -2.54. The van der Waals surface area contributed by atoms with Crippen molar-refractivity contribution in [3.8, 4) is 0 Å². The standard InChI is InChI=1S/C13H25NO3/c1-2-3-10-17-11-9-14-13(12(15)16)7-5-4-6-8-13/h14H,2-11H2,1H3,(H,15,16). The third kappa shape index (κ3) is 4.64. The number of aliphatic carboxylic acids is 1. The molecular formula is C13H25NO3. The molecule has 100 valence electrons. The van der Waals surface area contributed by atoms with Gasteiger partial charge < -0.3 is 9.84 Å². The van der Waals surface area contributed by atoms with Crippen LogP contribution in [0.1, 0.15) is 51.9 Å². The highest BCUT2D eigenvalue weighted by Crippen LogP contribution is 2.28. The summed E-state index contributed by atoms with van der Waals surface area (Å²) >= 11 is 0. The monoisotopic (exact) mass is 243 g/mol. The molecular weight excluding hydrogens is 218 g/mol. The second kappa shape index (κ2) is 7.67. The number of hydrogen-bond donors (Lipinski definition) is 2. The minimum atomic E-state index is -0.703. The van der Waals surface area contributed by atoms with Crippen molar-refractivity contribution in [2.75, 3.05) is 19.8 Å². The SMILES string of the molecule is CCCCOCCNC1(C(=O)O)CCCCC1. The Hall–Kier alpha value is -0.610. The first kappa shape index (κ1) is 14.5. The molecule has 1 rings (SSSR count). The quantitative estimate of drug-likeness (QED) is 0.642. The lowest BCUT2D eigenvalue weighted by atomic mass is 9.82. The number of carbonyl (C=O) groups is 1. The third-order valence-corrected chi connectivity index (χ3v) is 3.47. The van der Waals surface area contributed by atoms with E-state index in [0.29, 0.717) is 13.2 Å². The van der Waals surface area contributed by atoms with Crippen LogP contribution in [0.25, 0.3) is 0 Å². The van der Waals surface area contributed by atoms with Crippen molar-refractivity contribution in [3.05, 3.63) is 0 Å². The molecule has 0 aromatic heterocycles. The largest absolute Gasteiger partial charge is 0.480 e. The van der Waals surface area contributed by atoms with E-state index in [2.05, 4.69) is 12.2 Å². The molecule has 0 atom stereocenters. The van der Waals surface area contributed by atoms with E-state index in [1.807, 2.05) is 0 Å². The summed E-state index contributed by atoms with van der Waals surface area (Å²) in [5, 5.41) is 12.5. The molecule has 0 heterocycles. The Morgan fingerprint density at radius 1 is 1.29 bits per heavy atom. The lowest BCUT2D eigenvalue weighted by Gasteiger charge is -2.34. The summed E-state index contributed by atoms with van der Waals surface area (Å²) in [6.07, 6.45) is 6.88. The molecule has 0 spiro atoms. The molecule has 0 amide bonds. The maximum Gasteiger partial charge on any atom is 0.323 e. The molecule has 1 aliphatic rings. The van der Waals surface area contributed by atoms with Crippen LogP contribution >= 0.6 is 0 Å². The van der Waals surface area contributed by atoms with Crippen LogP contribution in [0.2, 0.25) is 0 Å². The molecule has 4 heteroatoms. The Kier molecular flexibility index (Phi) is 6.52. The summed E-state index contributed by atoms with van der Waals surface area (Å²) in [7, 11) is 0. The summed E-state index contributed by atoms with van der Waals surface area (Å²) < 4.78 is 5.43. The van der Waals surface area contributed by atoms with Gasteiger partial charge in [0.05, 0.1) is 6.61 Å². The predicted molar refractivity (Wildman–Crippen MR) is 67.2 cm³/mol. The molecule has 0 radical (unpaired) electrons. The van der Waals surface area contributed by atoms with Crippen LogP contribution in [0.5, 0.6) is 0 Å². The Morgan fingerprint density at radius 3 is 2.59 bits per heavy atom. The summed E-state index contributed by atoms with van der Waals surface area (Å²) in [4.78, 5) is 11.3. The first-order valence-corrected chi connectivity index (χ1v) is 6.77. The zero-order valence-electron chi connectivity index (χ0n) is 10.8. The van der Waals surface area contributed by atoms with Crippen molar-refractivity contribution in [1.29, 1.82) is 0 Å². The van der Waals surface area contributed by atoms with Crippen molar-refractivity contribution >= 4 is 5.97 Å². The minimum absolute atomic E-state index is 0.606. The predicted octanol–water partition coefficient (Wildman–Crippen LogP) is 2.18. The average Bonchev–Trinajstić information content (AvgIpc) is 2.34. The number of ether oxygens (including phenoxy) is 1. The summed E-state index contributed by atoms with van der Waals surface area (Å²) in [5.74, 6) is -0.703. The number of rotatable bonds is 8. The van der Waals surface area contributed by atoms with Gasteiger partial charge in [-0.3, -0.25) is 10.1 Å². The molecule has 1 saturated carbocycles. The van der Waals surface area contributed by atoms with E-state index in [-0.39, 0.29) is 0 Å². The molecule has 0 saturated heterocycles. The Bertz CT molecular complexity index is 225. The van der Waals surface area contributed by atoms with E-state index < -0.39 is 11.5 Å². The summed E-state index contributed by atoms with van der Waals surface area (Å²) in [5.41, 5.74) is -0.688. The first-order chi connectivity index (χ1) is 8.21. The number of hydrogen-bond acceptors (Lipinski definition) is 3. The molecule has 0 aliphatic heterocycles. The van der Waals surface area contributed by atoms with Gasteiger partial charge in [-0.15, -0.1) is 0 Å². The van der Waals surface area contributed by atoms with Gasteiger partial charge in [0.2, 0.25) is 0 Å². The number of carboxylic acid groups (broad SMARTS) is 1. The van der Waals surface area contributed by atoms with Gasteiger partial charge in [0.15, 0.2) is 0 Å². The van der Waals surface area contributed by atoms with E-state index >= 15 is 0 Å². The van der Waals surface area contributed by atoms with Crippen molar-refractivity contribution in [3.63, 3.8) is 0 Å². The molecule has 0 aromatic rings. The van der Waals surface area contributed by atoms with E-state index in [0.717, 1.165) is 51.6 Å². The van der Waals surface area contributed by atoms with Crippen LogP contribution in [0.3, 0.4) is 0 Å². The van der Waals surface area contributed by atoms with E-state index in [1.54, 1.807) is 0 Å². The van der Waals surface area contributed by atoms with Gasteiger partial charge in [-0.25, -0.2) is 0 Å². The van der Waals surface area contributed by atoms with Crippen LogP contribution in [-0.2, 0) is 9.53 Å². The molecule has 0 bridgehead atoms. The second-order valence-corrected chi connectivity index (χ2v) is 4.84. The molecule has 1 aliphatic carbocycles. The fourth-order valence-corrected chi connectivity index (χ4v) is 2.33. The van der Waals surface area contributed by atoms with Crippen LogP contribution in [0.15, 0.2) is 0 Å². The summed E-state index contributed by atoms with van der Waals surface area (Å²) in [6.45, 7) is 4.15. The zero-order valence-corrected chi connectivity index (χ0v) is 10.8. The molecule has 1 fully saturated rings. The summed E-state index contributed by atoms with van der Waals surface area (Å²) in [6, 6.07) is 0. The highest BCUT2D eigenvalue weighted by molar-refractivity contribution is 5.78. The van der Waals surface area contributed by atoms with Crippen molar-refractivity contribution in [1.82, 2.24) is 5.32 Å². The lowest BCUT2D eigenvalue weighted by molar-refractivity contribution is -0.146. The average molecular weight is 243 g/mol. The van der Waals surface area contributed by atoms with Crippen LogP contribution in [-0.4, -0.2) is 36.4 Å². The van der Waals surface area contributed by atoms with Gasteiger partial charge in [0.1, 0.15) is 5.54 Å². The number of unbranched alkanes of at least 4 members (excludes halogenated alkanes) is 1. The van der Waals surface area contributed by atoms with Gasteiger partial charge >= 0.3 is 5.97 Å². The minimum Gasteiger partial charge on any atom is -0.480 e. The first-order valence-electron chi connectivity index (χ1n) is 6.77. The molecule has 0 unspecified atom stereocenters. The van der Waals surface area contributed by atoms with E-state index in [4.69, 9.17) is 4.74 Å². The number of nitrogens with one attached hydrogen (secondary N) is 1.